The molecule has 0 radical (unpaired) electrons. The van der Waals surface area contributed by atoms with Crippen LogP contribution in [-0.2, 0) is 4.79 Å². The predicted octanol–water partition coefficient (Wildman–Crippen LogP) is 1.61. The predicted molar refractivity (Wildman–Crippen MR) is 82.3 cm³/mol. The number of carbonyl (C=O) groups is 2. The molecule has 1 rings (SSSR count). The fourth-order valence-electron chi connectivity index (χ4n) is 2.78. The maximum Gasteiger partial charge on any atom is 0.326 e. The number of carboxylic acid groups (broad SMARTS) is 1. The van der Waals surface area contributed by atoms with Gasteiger partial charge in [-0.15, -0.1) is 0 Å². The molecular weight excluding hydrogens is 270 g/mol. The largest absolute Gasteiger partial charge is 0.480 e. The van der Waals surface area contributed by atoms with Gasteiger partial charge < -0.3 is 20.2 Å². The summed E-state index contributed by atoms with van der Waals surface area (Å²) in [7, 11) is 2.06. The average molecular weight is 299 g/mol. The van der Waals surface area contributed by atoms with Gasteiger partial charge in [-0.3, -0.25) is 0 Å². The number of hydrogen-bond donors (Lipinski definition) is 2. The Morgan fingerprint density at radius 1 is 1.33 bits per heavy atom. The highest BCUT2D eigenvalue weighted by atomic mass is 16.4. The molecular formula is C15H29N3O3. The van der Waals surface area contributed by atoms with E-state index < -0.39 is 12.0 Å². The smallest absolute Gasteiger partial charge is 0.326 e. The van der Waals surface area contributed by atoms with Crippen molar-refractivity contribution in [3.05, 3.63) is 0 Å². The van der Waals surface area contributed by atoms with Gasteiger partial charge in [0.05, 0.1) is 0 Å². The Labute approximate surface area is 127 Å². The van der Waals surface area contributed by atoms with Crippen LogP contribution in [0.2, 0.25) is 0 Å². The number of amides is 2. The van der Waals surface area contributed by atoms with E-state index >= 15 is 0 Å². The molecule has 1 saturated heterocycles. The summed E-state index contributed by atoms with van der Waals surface area (Å²) < 4.78 is 0. The number of hydrogen-bond acceptors (Lipinski definition) is 3. The van der Waals surface area contributed by atoms with Gasteiger partial charge in [0.2, 0.25) is 0 Å². The number of nitrogens with one attached hydrogen (secondary N) is 1. The van der Waals surface area contributed by atoms with E-state index in [9.17, 15) is 14.7 Å². The molecule has 0 saturated carbocycles. The molecule has 0 aliphatic carbocycles. The minimum absolute atomic E-state index is 0.144. The van der Waals surface area contributed by atoms with Crippen LogP contribution in [0.25, 0.3) is 0 Å². The number of rotatable bonds is 5. The maximum atomic E-state index is 12.5. The normalized spacial score (nSPS) is 22.0. The van der Waals surface area contributed by atoms with Gasteiger partial charge in [-0.05, 0) is 38.8 Å². The molecule has 0 aromatic heterocycles. The Morgan fingerprint density at radius 3 is 2.52 bits per heavy atom. The van der Waals surface area contributed by atoms with E-state index in [1.54, 1.807) is 4.90 Å². The molecule has 1 aliphatic rings. The first-order chi connectivity index (χ1) is 9.85. The van der Waals surface area contributed by atoms with E-state index in [1.807, 2.05) is 13.8 Å². The summed E-state index contributed by atoms with van der Waals surface area (Å²) in [6.07, 6.45) is 2.24. The Balaban J connectivity index is 2.72. The summed E-state index contributed by atoms with van der Waals surface area (Å²) in [5, 5.41) is 11.9. The van der Waals surface area contributed by atoms with Gasteiger partial charge in [0, 0.05) is 19.1 Å². The van der Waals surface area contributed by atoms with Gasteiger partial charge in [0.1, 0.15) is 6.04 Å². The molecule has 2 atom stereocenters. The molecule has 0 aromatic carbocycles. The molecule has 1 heterocycles. The van der Waals surface area contributed by atoms with Crippen molar-refractivity contribution in [1.82, 2.24) is 15.1 Å². The van der Waals surface area contributed by atoms with Crippen molar-refractivity contribution >= 4 is 12.0 Å². The molecule has 0 spiro atoms. The van der Waals surface area contributed by atoms with E-state index in [-0.39, 0.29) is 18.0 Å². The summed E-state index contributed by atoms with van der Waals surface area (Å²) in [4.78, 5) is 27.8. The van der Waals surface area contributed by atoms with E-state index in [1.165, 1.54) is 0 Å². The SMILES string of the molecule is CCC1CN(C)CCCN1C(=O)N[C@H](CC(C)C)C(=O)O. The first-order valence-electron chi connectivity index (χ1n) is 7.83. The fraction of sp³-hybridized carbons (Fsp3) is 0.867. The molecule has 0 bridgehead atoms. The van der Waals surface area contributed by atoms with Gasteiger partial charge in [0.15, 0.2) is 0 Å². The van der Waals surface area contributed by atoms with Crippen LogP contribution in [0.15, 0.2) is 0 Å². The zero-order valence-electron chi connectivity index (χ0n) is 13.6. The average Bonchev–Trinajstić information content (AvgIpc) is 2.58. The molecule has 6 nitrogen and oxygen atoms in total. The molecule has 1 unspecified atom stereocenters. The zero-order chi connectivity index (χ0) is 16.0. The summed E-state index contributed by atoms with van der Waals surface area (Å²) in [6, 6.07) is -0.910. The third-order valence-electron chi connectivity index (χ3n) is 3.94. The molecule has 0 aromatic rings. The molecule has 6 heteroatoms. The highest BCUT2D eigenvalue weighted by molar-refractivity contribution is 5.82. The fourth-order valence-corrected chi connectivity index (χ4v) is 2.78. The number of urea groups is 1. The number of carbonyl (C=O) groups excluding carboxylic acids is 1. The Kier molecular flexibility index (Phi) is 6.95. The number of aliphatic carboxylic acids is 1. The maximum absolute atomic E-state index is 12.5. The summed E-state index contributed by atoms with van der Waals surface area (Å²) in [6.45, 7) is 8.46. The summed E-state index contributed by atoms with van der Waals surface area (Å²) >= 11 is 0. The van der Waals surface area contributed by atoms with Gasteiger partial charge >= 0.3 is 12.0 Å². The lowest BCUT2D eigenvalue weighted by atomic mass is 10.0. The first-order valence-corrected chi connectivity index (χ1v) is 7.83. The molecule has 122 valence electrons. The number of likely N-dealkylation sites (N-methyl/N-ethyl adjacent to an activating group) is 1. The number of carboxylic acids is 1. The van der Waals surface area contributed by atoms with Crippen LogP contribution >= 0.6 is 0 Å². The summed E-state index contributed by atoms with van der Waals surface area (Å²) in [5.74, 6) is -0.735. The second-order valence-corrected chi connectivity index (χ2v) is 6.34. The number of nitrogens with zero attached hydrogens (tertiary/aromatic N) is 2. The lowest BCUT2D eigenvalue weighted by molar-refractivity contribution is -0.139. The third-order valence-corrected chi connectivity index (χ3v) is 3.94. The van der Waals surface area contributed by atoms with Crippen LogP contribution in [0.5, 0.6) is 0 Å². The van der Waals surface area contributed by atoms with Crippen LogP contribution in [0, 0.1) is 5.92 Å². The van der Waals surface area contributed by atoms with Crippen LogP contribution in [-0.4, -0.2) is 65.7 Å². The topological polar surface area (TPSA) is 72.9 Å². The summed E-state index contributed by atoms with van der Waals surface area (Å²) in [5.41, 5.74) is 0. The van der Waals surface area contributed by atoms with Gasteiger partial charge in [-0.25, -0.2) is 9.59 Å². The van der Waals surface area contributed by atoms with Crippen molar-refractivity contribution in [3.63, 3.8) is 0 Å². The monoisotopic (exact) mass is 299 g/mol. The molecule has 2 amide bonds. The van der Waals surface area contributed by atoms with Crippen molar-refractivity contribution < 1.29 is 14.7 Å². The zero-order valence-corrected chi connectivity index (χ0v) is 13.6. The quantitative estimate of drug-likeness (QED) is 0.809. The van der Waals surface area contributed by atoms with E-state index in [2.05, 4.69) is 24.2 Å². The third kappa shape index (κ3) is 5.53. The molecule has 1 fully saturated rings. The second-order valence-electron chi connectivity index (χ2n) is 6.34. The minimum atomic E-state index is -0.961. The van der Waals surface area contributed by atoms with E-state index in [0.717, 1.165) is 25.9 Å². The Morgan fingerprint density at radius 2 is 2.00 bits per heavy atom. The standard InChI is InChI=1S/C15H29N3O3/c1-5-12-10-17(4)7-6-8-18(12)15(21)16-13(14(19)20)9-11(2)3/h11-13H,5-10H2,1-4H3,(H,16,21)(H,19,20)/t12?,13-/m1/s1. The van der Waals surface area contributed by atoms with Crippen LogP contribution in [0.3, 0.4) is 0 Å². The van der Waals surface area contributed by atoms with Gasteiger partial charge in [0.25, 0.3) is 0 Å². The highest BCUT2D eigenvalue weighted by Gasteiger charge is 2.29. The molecule has 1 aliphatic heterocycles. The lowest BCUT2D eigenvalue weighted by Gasteiger charge is -2.31. The van der Waals surface area contributed by atoms with E-state index in [0.29, 0.717) is 13.0 Å². The van der Waals surface area contributed by atoms with Crippen molar-refractivity contribution in [2.75, 3.05) is 26.7 Å². The van der Waals surface area contributed by atoms with Gasteiger partial charge in [-0.1, -0.05) is 20.8 Å². The van der Waals surface area contributed by atoms with Crippen LogP contribution in [0.4, 0.5) is 4.79 Å². The highest BCUT2D eigenvalue weighted by Crippen LogP contribution is 2.13. The second kappa shape index (κ2) is 8.22. The minimum Gasteiger partial charge on any atom is -0.480 e. The van der Waals surface area contributed by atoms with Crippen LogP contribution in [0.1, 0.15) is 40.0 Å². The Hall–Kier alpha value is -1.30. The van der Waals surface area contributed by atoms with Crippen molar-refractivity contribution in [1.29, 1.82) is 0 Å². The first kappa shape index (κ1) is 17.8. The molecule has 21 heavy (non-hydrogen) atoms. The van der Waals surface area contributed by atoms with Crippen molar-refractivity contribution in [2.45, 2.75) is 52.1 Å². The van der Waals surface area contributed by atoms with Crippen LogP contribution < -0.4 is 5.32 Å². The lowest BCUT2D eigenvalue weighted by Crippen LogP contribution is -2.52. The van der Waals surface area contributed by atoms with Crippen molar-refractivity contribution in [2.24, 2.45) is 5.92 Å². The molecule has 2 N–H and O–H groups in total. The van der Waals surface area contributed by atoms with E-state index in [4.69, 9.17) is 0 Å². The van der Waals surface area contributed by atoms with Crippen molar-refractivity contribution in [3.8, 4) is 0 Å². The Bertz CT molecular complexity index is 360. The van der Waals surface area contributed by atoms with Gasteiger partial charge in [-0.2, -0.15) is 0 Å².